The van der Waals surface area contributed by atoms with Crippen molar-refractivity contribution < 1.29 is 19.0 Å². The summed E-state index contributed by atoms with van der Waals surface area (Å²) >= 11 is 0. The number of carbonyl (C=O) groups excluding carboxylic acids is 1. The molecular weight excluding hydrogens is 318 g/mol. The number of methoxy groups -OCH3 is 1. The van der Waals surface area contributed by atoms with Crippen LogP contribution in [-0.4, -0.2) is 13.1 Å². The molecule has 0 saturated heterocycles. The lowest BCUT2D eigenvalue weighted by Crippen LogP contribution is -2.11. The Balaban J connectivity index is 2.13. The second kappa shape index (κ2) is 8.55. The van der Waals surface area contributed by atoms with Gasteiger partial charge in [0.25, 0.3) is 0 Å². The first-order valence-electron chi connectivity index (χ1n) is 7.72. The molecule has 0 N–H and O–H groups in total. The molecule has 2 aromatic rings. The van der Waals surface area contributed by atoms with Crippen LogP contribution in [0, 0.1) is 18.3 Å². The zero-order valence-electron chi connectivity index (χ0n) is 14.4. The summed E-state index contributed by atoms with van der Waals surface area (Å²) in [5.41, 5.74) is 2.31. The van der Waals surface area contributed by atoms with Gasteiger partial charge in [-0.1, -0.05) is 18.2 Å². The van der Waals surface area contributed by atoms with Crippen LogP contribution in [0.25, 0.3) is 0 Å². The van der Waals surface area contributed by atoms with E-state index in [0.29, 0.717) is 23.7 Å². The molecule has 5 nitrogen and oxygen atoms in total. The van der Waals surface area contributed by atoms with Crippen molar-refractivity contribution in [3.05, 3.63) is 71.0 Å². The summed E-state index contributed by atoms with van der Waals surface area (Å²) in [5, 5.41) is 8.92. The van der Waals surface area contributed by atoms with Gasteiger partial charge in [-0.3, -0.25) is 0 Å². The molecule has 0 aliphatic rings. The molecule has 0 radical (unpaired) electrons. The molecule has 5 heteroatoms. The highest BCUT2D eigenvalue weighted by molar-refractivity contribution is 5.86. The number of nitrogens with zero attached hydrogens (tertiary/aromatic N) is 1. The number of carbonyl (C=O) groups is 1. The van der Waals surface area contributed by atoms with Crippen LogP contribution >= 0.6 is 0 Å². The summed E-state index contributed by atoms with van der Waals surface area (Å²) in [6.45, 7) is 3.91. The zero-order valence-corrected chi connectivity index (χ0v) is 14.4. The van der Waals surface area contributed by atoms with Crippen LogP contribution in [0.2, 0.25) is 0 Å². The number of hydrogen-bond acceptors (Lipinski definition) is 5. The Morgan fingerprint density at radius 1 is 1.24 bits per heavy atom. The van der Waals surface area contributed by atoms with Gasteiger partial charge < -0.3 is 14.2 Å². The molecule has 0 aliphatic carbocycles. The largest absolute Gasteiger partial charge is 0.489 e. The summed E-state index contributed by atoms with van der Waals surface area (Å²) in [6, 6.07) is 14.7. The normalized spacial score (nSPS) is 10.7. The van der Waals surface area contributed by atoms with Gasteiger partial charge in [0.2, 0.25) is 5.76 Å². The second-order valence-corrected chi connectivity index (χ2v) is 5.27. The molecular formula is C20H19NO4. The monoisotopic (exact) mass is 337 g/mol. The maximum absolute atomic E-state index is 11.6. The van der Waals surface area contributed by atoms with E-state index in [1.807, 2.05) is 25.1 Å². The minimum Gasteiger partial charge on any atom is -0.489 e. The molecule has 0 fully saturated rings. The van der Waals surface area contributed by atoms with E-state index in [1.54, 1.807) is 37.3 Å². The predicted octanol–water partition coefficient (Wildman–Crippen LogP) is 3.90. The van der Waals surface area contributed by atoms with E-state index in [1.165, 1.54) is 7.11 Å². The first-order chi connectivity index (χ1) is 12.1. The van der Waals surface area contributed by atoms with Crippen LogP contribution in [0.4, 0.5) is 0 Å². The number of benzene rings is 2. The molecule has 128 valence electrons. The predicted molar refractivity (Wildman–Crippen MR) is 93.1 cm³/mol. The molecule has 0 bridgehead atoms. The van der Waals surface area contributed by atoms with Gasteiger partial charge in [0, 0.05) is 0 Å². The number of rotatable bonds is 6. The van der Waals surface area contributed by atoms with E-state index in [0.717, 1.165) is 11.1 Å². The average Bonchev–Trinajstić information content (AvgIpc) is 2.65. The van der Waals surface area contributed by atoms with Crippen LogP contribution < -0.4 is 9.47 Å². The lowest BCUT2D eigenvalue weighted by atomic mass is 10.1. The van der Waals surface area contributed by atoms with Gasteiger partial charge >= 0.3 is 5.97 Å². The maximum atomic E-state index is 11.6. The highest BCUT2D eigenvalue weighted by Crippen LogP contribution is 2.23. The number of esters is 1. The number of allylic oxidation sites excluding steroid dienone is 1. The Morgan fingerprint density at radius 3 is 2.72 bits per heavy atom. The van der Waals surface area contributed by atoms with Gasteiger partial charge in [0.15, 0.2) is 0 Å². The SMILES string of the molecule is C/C=C(\Oc1cc(COc2cccc(C#N)c2)ccc1C)C(=O)OC. The Morgan fingerprint density at radius 2 is 2.04 bits per heavy atom. The van der Waals surface area contributed by atoms with E-state index < -0.39 is 5.97 Å². The molecule has 0 saturated carbocycles. The van der Waals surface area contributed by atoms with Crippen molar-refractivity contribution in [1.29, 1.82) is 5.26 Å². The van der Waals surface area contributed by atoms with E-state index in [4.69, 9.17) is 14.7 Å². The molecule has 0 aromatic heterocycles. The second-order valence-electron chi connectivity index (χ2n) is 5.27. The summed E-state index contributed by atoms with van der Waals surface area (Å²) < 4.78 is 16.1. The summed E-state index contributed by atoms with van der Waals surface area (Å²) in [5.74, 6) is 0.776. The van der Waals surface area contributed by atoms with Crippen LogP contribution in [-0.2, 0) is 16.1 Å². The Bertz CT molecular complexity index is 834. The quantitative estimate of drug-likeness (QED) is 0.454. The standard InChI is InChI=1S/C20H19NO4/c1-4-18(20(22)23-3)25-19-11-16(9-8-14(19)2)13-24-17-7-5-6-15(10-17)12-21/h4-11H,13H2,1-3H3/b18-4-. The summed E-state index contributed by atoms with van der Waals surface area (Å²) in [4.78, 5) is 11.6. The van der Waals surface area contributed by atoms with Crippen molar-refractivity contribution in [2.75, 3.05) is 7.11 Å². The molecule has 0 heterocycles. The van der Waals surface area contributed by atoms with E-state index in [-0.39, 0.29) is 5.76 Å². The maximum Gasteiger partial charge on any atom is 0.373 e. The van der Waals surface area contributed by atoms with E-state index in [9.17, 15) is 4.79 Å². The van der Waals surface area contributed by atoms with Crippen molar-refractivity contribution in [1.82, 2.24) is 0 Å². The fraction of sp³-hybridized carbons (Fsp3) is 0.200. The Labute approximate surface area is 147 Å². The van der Waals surface area contributed by atoms with Crippen molar-refractivity contribution in [3.8, 4) is 17.6 Å². The molecule has 25 heavy (non-hydrogen) atoms. The topological polar surface area (TPSA) is 68.5 Å². The molecule has 0 spiro atoms. The first kappa shape index (κ1) is 18.1. The van der Waals surface area contributed by atoms with Crippen molar-refractivity contribution in [2.24, 2.45) is 0 Å². The molecule has 2 aromatic carbocycles. The number of aryl methyl sites for hydroxylation is 1. The fourth-order valence-corrected chi connectivity index (χ4v) is 2.10. The average molecular weight is 337 g/mol. The van der Waals surface area contributed by atoms with Crippen LogP contribution in [0.1, 0.15) is 23.6 Å². The smallest absolute Gasteiger partial charge is 0.373 e. The van der Waals surface area contributed by atoms with Crippen LogP contribution in [0.5, 0.6) is 11.5 Å². The third-order valence-electron chi connectivity index (χ3n) is 3.49. The molecule has 2 rings (SSSR count). The molecule has 0 unspecified atom stereocenters. The summed E-state index contributed by atoms with van der Waals surface area (Å²) in [6.07, 6.45) is 1.56. The fourth-order valence-electron chi connectivity index (χ4n) is 2.10. The zero-order chi connectivity index (χ0) is 18.2. The number of ether oxygens (including phenoxy) is 3. The molecule has 0 amide bonds. The van der Waals surface area contributed by atoms with E-state index >= 15 is 0 Å². The first-order valence-corrected chi connectivity index (χ1v) is 7.72. The minimum absolute atomic E-state index is 0.130. The third-order valence-corrected chi connectivity index (χ3v) is 3.49. The van der Waals surface area contributed by atoms with Gasteiger partial charge in [0.05, 0.1) is 18.7 Å². The van der Waals surface area contributed by atoms with Crippen molar-refractivity contribution in [3.63, 3.8) is 0 Å². The van der Waals surface area contributed by atoms with Crippen LogP contribution in [0.15, 0.2) is 54.3 Å². The van der Waals surface area contributed by atoms with Gasteiger partial charge in [0.1, 0.15) is 18.1 Å². The van der Waals surface area contributed by atoms with Gasteiger partial charge in [-0.25, -0.2) is 4.79 Å². The van der Waals surface area contributed by atoms with Crippen LogP contribution in [0.3, 0.4) is 0 Å². The van der Waals surface area contributed by atoms with E-state index in [2.05, 4.69) is 10.8 Å². The lowest BCUT2D eigenvalue weighted by Gasteiger charge is -2.12. The summed E-state index contributed by atoms with van der Waals surface area (Å²) in [7, 11) is 1.31. The van der Waals surface area contributed by atoms with Gasteiger partial charge in [-0.05, 0) is 55.3 Å². The van der Waals surface area contributed by atoms with Crippen molar-refractivity contribution >= 4 is 5.97 Å². The third kappa shape index (κ3) is 4.85. The highest BCUT2D eigenvalue weighted by atomic mass is 16.6. The number of nitriles is 1. The Kier molecular flexibility index (Phi) is 6.19. The van der Waals surface area contributed by atoms with Gasteiger partial charge in [-0.15, -0.1) is 0 Å². The van der Waals surface area contributed by atoms with Gasteiger partial charge in [-0.2, -0.15) is 5.26 Å². The number of hydrogen-bond donors (Lipinski definition) is 0. The van der Waals surface area contributed by atoms with Crippen molar-refractivity contribution in [2.45, 2.75) is 20.5 Å². The molecule has 0 atom stereocenters. The minimum atomic E-state index is -0.531. The Hall–Kier alpha value is -3.26. The lowest BCUT2D eigenvalue weighted by molar-refractivity contribution is -0.138. The molecule has 0 aliphatic heterocycles. The highest BCUT2D eigenvalue weighted by Gasteiger charge is 2.13.